The van der Waals surface area contributed by atoms with Crippen LogP contribution in [0.15, 0.2) is 0 Å². The van der Waals surface area contributed by atoms with Crippen LogP contribution in [0.5, 0.6) is 0 Å². The molecule has 2 atom stereocenters. The van der Waals surface area contributed by atoms with Gasteiger partial charge in [-0.05, 0) is 12.8 Å². The third-order valence-electron chi connectivity index (χ3n) is 1.45. The fraction of sp³-hybridized carbons (Fsp3) is 1.00. The third-order valence-corrected chi connectivity index (χ3v) is 2.48. The molecule has 0 radical (unpaired) electrons. The van der Waals surface area contributed by atoms with Crippen LogP contribution in [-0.2, 0) is 15.7 Å². The first-order valence-corrected chi connectivity index (χ1v) is 4.31. The minimum atomic E-state index is -1.18. The summed E-state index contributed by atoms with van der Waals surface area (Å²) in [7, 11) is -1.18. The fourth-order valence-corrected chi connectivity index (χ4v) is 1.52. The summed E-state index contributed by atoms with van der Waals surface area (Å²) in [6, 6.07) is 0. The summed E-state index contributed by atoms with van der Waals surface area (Å²) in [5.41, 5.74) is 0. The van der Waals surface area contributed by atoms with E-state index in [0.29, 0.717) is 6.61 Å². The zero-order chi connectivity index (χ0) is 6.69. The fourth-order valence-electron chi connectivity index (χ4n) is 0.894. The molecule has 1 unspecified atom stereocenters. The second-order valence-corrected chi connectivity index (χ2v) is 3.49. The van der Waals surface area contributed by atoms with Crippen molar-refractivity contribution in [3.8, 4) is 0 Å². The Morgan fingerprint density at radius 3 is 2.78 bits per heavy atom. The molecule has 0 amide bonds. The van der Waals surface area contributed by atoms with E-state index in [1.165, 1.54) is 0 Å². The van der Waals surface area contributed by atoms with Crippen molar-refractivity contribution in [1.29, 1.82) is 0 Å². The van der Waals surface area contributed by atoms with Crippen LogP contribution in [0.4, 0.5) is 0 Å². The van der Waals surface area contributed by atoms with Crippen molar-refractivity contribution < 1.29 is 8.95 Å². The molecule has 9 heavy (non-hydrogen) atoms. The van der Waals surface area contributed by atoms with Crippen LogP contribution in [0.1, 0.15) is 12.8 Å². The van der Waals surface area contributed by atoms with Gasteiger partial charge in [0.15, 0.2) is 0 Å². The van der Waals surface area contributed by atoms with Crippen molar-refractivity contribution >= 4 is 11.0 Å². The third kappa shape index (κ3) is 2.04. The standard InChI is InChI=1S/C5H11NO2S/c6-9(7)5-2-1-3-8-4-5/h5H,1-4,6H2/t5?,9-/m1/s1. The largest absolute Gasteiger partial charge is 0.380 e. The van der Waals surface area contributed by atoms with E-state index in [1.807, 2.05) is 0 Å². The SMILES string of the molecule is N[S@](=O)C1CCCOC1. The van der Waals surface area contributed by atoms with E-state index < -0.39 is 11.0 Å². The van der Waals surface area contributed by atoms with Gasteiger partial charge in [-0.3, -0.25) is 5.14 Å². The zero-order valence-corrected chi connectivity index (χ0v) is 6.02. The number of ether oxygens (including phenoxy) is 1. The van der Waals surface area contributed by atoms with Crippen molar-refractivity contribution in [1.82, 2.24) is 0 Å². The van der Waals surface area contributed by atoms with E-state index in [1.54, 1.807) is 0 Å². The van der Waals surface area contributed by atoms with Gasteiger partial charge in [0.1, 0.15) is 0 Å². The normalized spacial score (nSPS) is 31.9. The maximum Gasteiger partial charge on any atom is 0.0943 e. The molecule has 1 rings (SSSR count). The molecule has 0 aromatic rings. The predicted octanol–water partition coefficient (Wildman–Crippen LogP) is -0.212. The van der Waals surface area contributed by atoms with Gasteiger partial charge in [-0.1, -0.05) is 0 Å². The molecule has 0 bridgehead atoms. The molecule has 1 aliphatic heterocycles. The van der Waals surface area contributed by atoms with Gasteiger partial charge in [0.25, 0.3) is 0 Å². The summed E-state index contributed by atoms with van der Waals surface area (Å²) in [5, 5.41) is 5.24. The molecule has 0 saturated carbocycles. The Morgan fingerprint density at radius 1 is 1.67 bits per heavy atom. The van der Waals surface area contributed by atoms with Crippen molar-refractivity contribution in [3.05, 3.63) is 0 Å². The van der Waals surface area contributed by atoms with E-state index in [-0.39, 0.29) is 5.25 Å². The molecule has 0 aromatic heterocycles. The van der Waals surface area contributed by atoms with Crippen LogP contribution in [0.2, 0.25) is 0 Å². The summed E-state index contributed by atoms with van der Waals surface area (Å²) in [5.74, 6) is 0. The summed E-state index contributed by atoms with van der Waals surface area (Å²) >= 11 is 0. The van der Waals surface area contributed by atoms with Gasteiger partial charge in [0.2, 0.25) is 0 Å². The number of rotatable bonds is 1. The topological polar surface area (TPSA) is 52.3 Å². The Bertz CT molecular complexity index is 112. The molecule has 4 heteroatoms. The first kappa shape index (κ1) is 7.18. The monoisotopic (exact) mass is 149 g/mol. The Kier molecular flexibility index (Phi) is 2.63. The molecule has 54 valence electrons. The van der Waals surface area contributed by atoms with Crippen LogP contribution in [0.25, 0.3) is 0 Å². The van der Waals surface area contributed by atoms with Gasteiger partial charge in [0.05, 0.1) is 22.8 Å². The van der Waals surface area contributed by atoms with Gasteiger partial charge < -0.3 is 4.74 Å². The molecule has 1 fully saturated rings. The maximum atomic E-state index is 10.6. The lowest BCUT2D eigenvalue weighted by atomic mass is 10.2. The number of nitrogens with two attached hydrogens (primary N) is 1. The highest BCUT2D eigenvalue weighted by Gasteiger charge is 2.16. The molecule has 1 aliphatic rings. The molecular weight excluding hydrogens is 138 g/mol. The average Bonchev–Trinajstić information content (AvgIpc) is 1.90. The second-order valence-electron chi connectivity index (χ2n) is 2.17. The Balaban J connectivity index is 2.31. The molecule has 0 aliphatic carbocycles. The minimum absolute atomic E-state index is 0.0822. The molecule has 1 heterocycles. The highest BCUT2D eigenvalue weighted by atomic mass is 32.2. The Morgan fingerprint density at radius 2 is 2.44 bits per heavy atom. The smallest absolute Gasteiger partial charge is 0.0943 e. The van der Waals surface area contributed by atoms with Crippen molar-refractivity contribution in [3.63, 3.8) is 0 Å². The second kappa shape index (κ2) is 3.29. The first-order chi connectivity index (χ1) is 4.30. The molecule has 0 spiro atoms. The van der Waals surface area contributed by atoms with Crippen LogP contribution >= 0.6 is 0 Å². The Labute approximate surface area is 57.2 Å². The summed E-state index contributed by atoms with van der Waals surface area (Å²) in [4.78, 5) is 0. The van der Waals surface area contributed by atoms with Gasteiger partial charge in [-0.25, -0.2) is 4.21 Å². The Hall–Kier alpha value is 0.0700. The first-order valence-electron chi connectivity index (χ1n) is 3.03. The zero-order valence-electron chi connectivity index (χ0n) is 5.21. The van der Waals surface area contributed by atoms with Crippen LogP contribution in [-0.4, -0.2) is 22.7 Å². The molecule has 0 aromatic carbocycles. The van der Waals surface area contributed by atoms with Gasteiger partial charge in [-0.2, -0.15) is 0 Å². The van der Waals surface area contributed by atoms with Crippen molar-refractivity contribution in [2.45, 2.75) is 18.1 Å². The minimum Gasteiger partial charge on any atom is -0.380 e. The van der Waals surface area contributed by atoms with Crippen molar-refractivity contribution in [2.24, 2.45) is 5.14 Å². The van der Waals surface area contributed by atoms with Crippen LogP contribution < -0.4 is 5.14 Å². The summed E-state index contributed by atoms with van der Waals surface area (Å²) < 4.78 is 15.7. The maximum absolute atomic E-state index is 10.6. The van der Waals surface area contributed by atoms with Gasteiger partial charge in [-0.15, -0.1) is 0 Å². The van der Waals surface area contributed by atoms with E-state index in [9.17, 15) is 4.21 Å². The molecule has 1 saturated heterocycles. The van der Waals surface area contributed by atoms with E-state index in [0.717, 1.165) is 19.4 Å². The highest BCUT2D eigenvalue weighted by molar-refractivity contribution is 7.83. The van der Waals surface area contributed by atoms with E-state index in [2.05, 4.69) is 0 Å². The summed E-state index contributed by atoms with van der Waals surface area (Å²) in [6.07, 6.45) is 1.94. The lowest BCUT2D eigenvalue weighted by molar-refractivity contribution is 0.100. The van der Waals surface area contributed by atoms with Crippen LogP contribution in [0.3, 0.4) is 0 Å². The van der Waals surface area contributed by atoms with Crippen molar-refractivity contribution in [2.75, 3.05) is 13.2 Å². The van der Waals surface area contributed by atoms with Crippen LogP contribution in [0, 0.1) is 0 Å². The molecular formula is C5H11NO2S. The molecule has 2 N–H and O–H groups in total. The lowest BCUT2D eigenvalue weighted by Gasteiger charge is -2.18. The highest BCUT2D eigenvalue weighted by Crippen LogP contribution is 2.08. The average molecular weight is 149 g/mol. The number of hydrogen-bond donors (Lipinski definition) is 1. The quantitative estimate of drug-likeness (QED) is 0.560. The van der Waals surface area contributed by atoms with Gasteiger partial charge in [0, 0.05) is 6.61 Å². The number of hydrogen-bond acceptors (Lipinski definition) is 2. The van der Waals surface area contributed by atoms with Gasteiger partial charge >= 0.3 is 0 Å². The summed E-state index contributed by atoms with van der Waals surface area (Å²) in [6.45, 7) is 1.37. The van der Waals surface area contributed by atoms with E-state index in [4.69, 9.17) is 9.88 Å². The van der Waals surface area contributed by atoms with E-state index >= 15 is 0 Å². The lowest BCUT2D eigenvalue weighted by Crippen LogP contribution is -2.30. The molecule has 3 nitrogen and oxygen atoms in total. The predicted molar refractivity (Wildman–Crippen MR) is 36.2 cm³/mol.